The second-order valence-electron chi connectivity index (χ2n) is 6.26. The van der Waals surface area contributed by atoms with Gasteiger partial charge in [-0.15, -0.1) is 0 Å². The first-order chi connectivity index (χ1) is 15.2. The Bertz CT molecular complexity index is 804. The summed E-state index contributed by atoms with van der Waals surface area (Å²) in [5.74, 6) is -3.59. The Morgan fingerprint density at radius 1 is 0.812 bits per heavy atom. The van der Waals surface area contributed by atoms with Gasteiger partial charge in [-0.05, 0) is 32.0 Å². The van der Waals surface area contributed by atoms with Crippen LogP contribution in [0.4, 0.5) is 0 Å². The highest BCUT2D eigenvalue weighted by Crippen LogP contribution is 2.19. The smallest absolute Gasteiger partial charge is 0.329 e. The standard InChI is InChI=1S/C20H26N2O8S2/c1-4-28-19(26)15(9-31)21-17(24)12-6-13(8-14(7-12)30-11(3)23)18(25)22-16(10-32)20(27)29-5-2/h6-8,15-16,31-32H,4-5,9-10H2,1-3H3,(H,21,24)(H,22,25). The number of thiol groups is 2. The largest absolute Gasteiger partial charge is 0.464 e. The third-order valence-corrected chi connectivity index (χ3v) is 4.54. The van der Waals surface area contributed by atoms with Crippen LogP contribution in [0, 0.1) is 0 Å². The van der Waals surface area contributed by atoms with Crippen molar-refractivity contribution in [3.8, 4) is 5.75 Å². The zero-order valence-electron chi connectivity index (χ0n) is 17.9. The van der Waals surface area contributed by atoms with E-state index in [9.17, 15) is 24.0 Å². The van der Waals surface area contributed by atoms with Crippen LogP contribution in [0.1, 0.15) is 41.5 Å². The zero-order valence-corrected chi connectivity index (χ0v) is 19.7. The van der Waals surface area contributed by atoms with Crippen molar-refractivity contribution in [1.82, 2.24) is 10.6 Å². The van der Waals surface area contributed by atoms with E-state index in [1.807, 2.05) is 0 Å². The number of benzene rings is 1. The van der Waals surface area contributed by atoms with Crippen LogP contribution in [-0.4, -0.2) is 66.5 Å². The summed E-state index contributed by atoms with van der Waals surface area (Å²) in [7, 11) is 0. The normalized spacial score (nSPS) is 12.2. The predicted octanol–water partition coefficient (Wildman–Crippen LogP) is 0.795. The molecule has 1 aromatic carbocycles. The summed E-state index contributed by atoms with van der Waals surface area (Å²) in [6.45, 7) is 4.65. The van der Waals surface area contributed by atoms with E-state index in [4.69, 9.17) is 14.2 Å². The summed E-state index contributed by atoms with van der Waals surface area (Å²) in [4.78, 5) is 60.6. The van der Waals surface area contributed by atoms with Gasteiger partial charge in [0, 0.05) is 29.6 Å². The molecule has 0 aliphatic heterocycles. The van der Waals surface area contributed by atoms with Gasteiger partial charge in [0.05, 0.1) is 13.2 Å². The molecule has 0 bridgehead atoms. The minimum Gasteiger partial charge on any atom is -0.464 e. The fourth-order valence-corrected chi connectivity index (χ4v) is 2.89. The number of hydrogen-bond acceptors (Lipinski definition) is 10. The first-order valence-corrected chi connectivity index (χ1v) is 10.9. The number of nitrogens with one attached hydrogen (secondary N) is 2. The molecular formula is C20H26N2O8S2. The summed E-state index contributed by atoms with van der Waals surface area (Å²) in [6, 6.07) is 1.63. The van der Waals surface area contributed by atoms with E-state index in [0.717, 1.165) is 6.92 Å². The number of carbonyl (C=O) groups excluding carboxylic acids is 5. The van der Waals surface area contributed by atoms with Gasteiger partial charge >= 0.3 is 17.9 Å². The number of esters is 3. The molecular weight excluding hydrogens is 460 g/mol. The summed E-state index contributed by atoms with van der Waals surface area (Å²) < 4.78 is 14.8. The molecule has 0 radical (unpaired) electrons. The second-order valence-corrected chi connectivity index (χ2v) is 6.99. The van der Waals surface area contributed by atoms with Crippen LogP contribution in [0.15, 0.2) is 18.2 Å². The SMILES string of the molecule is CCOC(=O)C(CS)NC(=O)c1cc(OC(C)=O)cc(C(=O)NC(CS)C(=O)OCC)c1. The molecule has 0 saturated heterocycles. The molecule has 0 aliphatic rings. The Labute approximate surface area is 196 Å². The van der Waals surface area contributed by atoms with Gasteiger partial charge in [0.15, 0.2) is 0 Å². The van der Waals surface area contributed by atoms with E-state index in [1.54, 1.807) is 13.8 Å². The van der Waals surface area contributed by atoms with Gasteiger partial charge in [0.2, 0.25) is 0 Å². The summed E-state index contributed by atoms with van der Waals surface area (Å²) in [5, 5.41) is 4.91. The number of hydrogen-bond donors (Lipinski definition) is 4. The maximum Gasteiger partial charge on any atom is 0.329 e. The molecule has 0 spiro atoms. The van der Waals surface area contributed by atoms with E-state index < -0.39 is 41.8 Å². The van der Waals surface area contributed by atoms with Crippen LogP contribution in [0.3, 0.4) is 0 Å². The van der Waals surface area contributed by atoms with Crippen molar-refractivity contribution in [1.29, 1.82) is 0 Å². The average Bonchev–Trinajstić information content (AvgIpc) is 2.74. The van der Waals surface area contributed by atoms with Crippen molar-refractivity contribution >= 4 is 55.0 Å². The highest BCUT2D eigenvalue weighted by atomic mass is 32.1. The lowest BCUT2D eigenvalue weighted by molar-refractivity contribution is -0.145. The van der Waals surface area contributed by atoms with E-state index >= 15 is 0 Å². The molecule has 0 saturated carbocycles. The van der Waals surface area contributed by atoms with Crippen LogP contribution >= 0.6 is 25.3 Å². The van der Waals surface area contributed by atoms with Crippen LogP contribution in [0.2, 0.25) is 0 Å². The molecule has 12 heteroatoms. The lowest BCUT2D eigenvalue weighted by Gasteiger charge is -2.17. The Morgan fingerprint density at radius 2 is 1.22 bits per heavy atom. The van der Waals surface area contributed by atoms with Gasteiger partial charge in [-0.2, -0.15) is 25.3 Å². The van der Waals surface area contributed by atoms with Crippen molar-refractivity contribution in [2.24, 2.45) is 0 Å². The van der Waals surface area contributed by atoms with Crippen molar-refractivity contribution in [3.05, 3.63) is 29.3 Å². The lowest BCUT2D eigenvalue weighted by atomic mass is 10.1. The van der Waals surface area contributed by atoms with Gasteiger partial charge < -0.3 is 24.8 Å². The predicted molar refractivity (Wildman–Crippen MR) is 121 cm³/mol. The Balaban J connectivity index is 3.20. The fourth-order valence-electron chi connectivity index (χ4n) is 2.41. The molecule has 0 fully saturated rings. The monoisotopic (exact) mass is 486 g/mol. The van der Waals surface area contributed by atoms with Crippen molar-refractivity contribution in [2.75, 3.05) is 24.7 Å². The van der Waals surface area contributed by atoms with Crippen LogP contribution in [0.5, 0.6) is 5.75 Å². The maximum atomic E-state index is 12.7. The molecule has 0 aromatic heterocycles. The molecule has 1 rings (SSSR count). The highest BCUT2D eigenvalue weighted by molar-refractivity contribution is 7.80. The first kappa shape index (κ1) is 27.3. The van der Waals surface area contributed by atoms with Gasteiger partial charge in [-0.25, -0.2) is 9.59 Å². The summed E-state index contributed by atoms with van der Waals surface area (Å²) in [5.41, 5.74) is -0.132. The zero-order chi connectivity index (χ0) is 24.3. The number of rotatable bonds is 11. The molecule has 0 heterocycles. The molecule has 10 nitrogen and oxygen atoms in total. The Kier molecular flexibility index (Phi) is 11.6. The fraction of sp³-hybridized carbons (Fsp3) is 0.450. The number of amides is 2. The Hall–Kier alpha value is -2.73. The van der Waals surface area contributed by atoms with Crippen molar-refractivity contribution in [2.45, 2.75) is 32.9 Å². The van der Waals surface area contributed by atoms with Gasteiger partial charge in [0.1, 0.15) is 17.8 Å². The van der Waals surface area contributed by atoms with Crippen molar-refractivity contribution in [3.63, 3.8) is 0 Å². The average molecular weight is 487 g/mol. The van der Waals surface area contributed by atoms with E-state index in [2.05, 4.69) is 35.9 Å². The molecule has 2 atom stereocenters. The maximum absolute atomic E-state index is 12.7. The topological polar surface area (TPSA) is 137 Å². The molecule has 2 N–H and O–H groups in total. The highest BCUT2D eigenvalue weighted by Gasteiger charge is 2.25. The first-order valence-electron chi connectivity index (χ1n) is 9.66. The molecule has 0 aliphatic carbocycles. The van der Waals surface area contributed by atoms with Crippen LogP contribution in [0.25, 0.3) is 0 Å². The van der Waals surface area contributed by atoms with Gasteiger partial charge in [-0.3, -0.25) is 14.4 Å². The molecule has 176 valence electrons. The molecule has 1 aromatic rings. The summed E-state index contributed by atoms with van der Waals surface area (Å²) >= 11 is 8.08. The van der Waals surface area contributed by atoms with Gasteiger partial charge in [-0.1, -0.05) is 0 Å². The molecule has 32 heavy (non-hydrogen) atoms. The van der Waals surface area contributed by atoms with Gasteiger partial charge in [0.25, 0.3) is 11.8 Å². The molecule has 2 amide bonds. The number of ether oxygens (including phenoxy) is 3. The van der Waals surface area contributed by atoms with E-state index in [0.29, 0.717) is 0 Å². The van der Waals surface area contributed by atoms with Crippen molar-refractivity contribution < 1.29 is 38.2 Å². The third-order valence-electron chi connectivity index (χ3n) is 3.81. The van der Waals surface area contributed by atoms with Crippen LogP contribution < -0.4 is 15.4 Å². The van der Waals surface area contributed by atoms with E-state index in [1.165, 1.54) is 18.2 Å². The van der Waals surface area contributed by atoms with E-state index in [-0.39, 0.29) is 41.6 Å². The second kappa shape index (κ2) is 13.6. The lowest BCUT2D eigenvalue weighted by Crippen LogP contribution is -2.44. The number of carbonyl (C=O) groups is 5. The minimum absolute atomic E-state index is 0.0231. The quantitative estimate of drug-likeness (QED) is 0.205. The summed E-state index contributed by atoms with van der Waals surface area (Å²) in [6.07, 6.45) is 0. The third kappa shape index (κ3) is 8.42. The Morgan fingerprint density at radius 3 is 1.53 bits per heavy atom. The molecule has 2 unspecified atom stereocenters. The van der Waals surface area contributed by atoms with Crippen LogP contribution in [-0.2, 0) is 23.9 Å². The minimum atomic E-state index is -1.03.